The fourth-order valence-corrected chi connectivity index (χ4v) is 2.59. The van der Waals surface area contributed by atoms with E-state index in [4.69, 9.17) is 5.11 Å². The molecule has 1 fully saturated rings. The number of rotatable bonds is 4. The summed E-state index contributed by atoms with van der Waals surface area (Å²) in [6.07, 6.45) is 8.57. The van der Waals surface area contributed by atoms with E-state index in [0.29, 0.717) is 18.4 Å². The fourth-order valence-electron chi connectivity index (χ4n) is 2.59. The van der Waals surface area contributed by atoms with Gasteiger partial charge in [-0.05, 0) is 12.8 Å². The highest BCUT2D eigenvalue weighted by molar-refractivity contribution is 5.94. The number of nitrogens with one attached hydrogen (secondary N) is 1. The van der Waals surface area contributed by atoms with E-state index < -0.39 is 11.5 Å². The van der Waals surface area contributed by atoms with Gasteiger partial charge < -0.3 is 10.4 Å². The highest BCUT2D eigenvalue weighted by Gasteiger charge is 2.36. The van der Waals surface area contributed by atoms with Gasteiger partial charge in [0, 0.05) is 12.4 Å². The summed E-state index contributed by atoms with van der Waals surface area (Å²) < 4.78 is 0. The van der Waals surface area contributed by atoms with Gasteiger partial charge in [-0.3, -0.25) is 9.59 Å². The predicted molar refractivity (Wildman–Crippen MR) is 67.6 cm³/mol. The average molecular weight is 263 g/mol. The molecule has 0 saturated heterocycles. The zero-order chi connectivity index (χ0) is 13.7. The first kappa shape index (κ1) is 13.5. The Balaban J connectivity index is 2.11. The molecule has 6 nitrogen and oxygen atoms in total. The minimum Gasteiger partial charge on any atom is -0.481 e. The van der Waals surface area contributed by atoms with E-state index in [1.165, 1.54) is 18.7 Å². The van der Waals surface area contributed by atoms with Gasteiger partial charge in [-0.1, -0.05) is 19.3 Å². The molecule has 2 rings (SSSR count). The Morgan fingerprint density at radius 1 is 1.21 bits per heavy atom. The van der Waals surface area contributed by atoms with E-state index in [2.05, 4.69) is 15.3 Å². The number of hydrogen-bond donors (Lipinski definition) is 2. The van der Waals surface area contributed by atoms with Gasteiger partial charge in [-0.15, -0.1) is 0 Å². The number of carbonyl (C=O) groups excluding carboxylic acids is 1. The van der Waals surface area contributed by atoms with Crippen LogP contribution in [-0.4, -0.2) is 32.5 Å². The highest BCUT2D eigenvalue weighted by atomic mass is 16.4. The standard InChI is InChI=1S/C13H17N3O3/c17-11(18)6-13(4-2-1-3-5-13)16-12(19)10-7-14-9-15-8-10/h7-9H,1-6H2,(H,16,19)(H,17,18). The summed E-state index contributed by atoms with van der Waals surface area (Å²) in [5, 5.41) is 11.9. The van der Waals surface area contributed by atoms with Crippen molar-refractivity contribution in [1.82, 2.24) is 15.3 Å². The second-order valence-corrected chi connectivity index (χ2v) is 4.99. The monoisotopic (exact) mass is 263 g/mol. The molecule has 1 aromatic heterocycles. The zero-order valence-corrected chi connectivity index (χ0v) is 10.6. The molecule has 1 saturated carbocycles. The van der Waals surface area contributed by atoms with Crippen LogP contribution >= 0.6 is 0 Å². The van der Waals surface area contributed by atoms with Crippen molar-refractivity contribution in [1.29, 1.82) is 0 Å². The molecule has 1 aliphatic carbocycles. The summed E-state index contributed by atoms with van der Waals surface area (Å²) in [6.45, 7) is 0. The summed E-state index contributed by atoms with van der Waals surface area (Å²) in [5.74, 6) is -1.18. The normalized spacial score (nSPS) is 17.7. The van der Waals surface area contributed by atoms with E-state index in [-0.39, 0.29) is 12.3 Å². The molecule has 0 radical (unpaired) electrons. The van der Waals surface area contributed by atoms with Crippen molar-refractivity contribution < 1.29 is 14.7 Å². The summed E-state index contributed by atoms with van der Waals surface area (Å²) in [7, 11) is 0. The Labute approximate surface area is 111 Å². The number of nitrogens with zero attached hydrogens (tertiary/aromatic N) is 2. The number of aromatic nitrogens is 2. The number of carboxylic acid groups (broad SMARTS) is 1. The van der Waals surface area contributed by atoms with Gasteiger partial charge in [0.15, 0.2) is 0 Å². The molecule has 2 N–H and O–H groups in total. The highest BCUT2D eigenvalue weighted by Crippen LogP contribution is 2.31. The Kier molecular flexibility index (Phi) is 4.09. The van der Waals surface area contributed by atoms with Gasteiger partial charge in [0.2, 0.25) is 0 Å². The fraction of sp³-hybridized carbons (Fsp3) is 0.538. The first-order valence-electron chi connectivity index (χ1n) is 6.41. The summed E-state index contributed by atoms with van der Waals surface area (Å²) in [4.78, 5) is 30.7. The summed E-state index contributed by atoms with van der Waals surface area (Å²) in [6, 6.07) is 0. The summed E-state index contributed by atoms with van der Waals surface area (Å²) >= 11 is 0. The van der Waals surface area contributed by atoms with E-state index in [0.717, 1.165) is 19.3 Å². The average Bonchev–Trinajstić information content (AvgIpc) is 2.39. The minimum absolute atomic E-state index is 0.0353. The number of aliphatic carboxylic acids is 1. The number of amides is 1. The first-order chi connectivity index (χ1) is 9.11. The van der Waals surface area contributed by atoms with Crippen molar-refractivity contribution in [2.24, 2.45) is 0 Å². The van der Waals surface area contributed by atoms with Gasteiger partial charge in [0.05, 0.1) is 17.5 Å². The molecule has 1 heterocycles. The SMILES string of the molecule is O=C(O)CC1(NC(=O)c2cncnc2)CCCCC1. The maximum absolute atomic E-state index is 12.1. The molecule has 0 unspecified atom stereocenters. The van der Waals surface area contributed by atoms with E-state index in [9.17, 15) is 9.59 Å². The Morgan fingerprint density at radius 2 is 1.84 bits per heavy atom. The van der Waals surface area contributed by atoms with Gasteiger partial charge in [-0.25, -0.2) is 9.97 Å². The minimum atomic E-state index is -0.883. The third kappa shape index (κ3) is 3.49. The van der Waals surface area contributed by atoms with Crippen LogP contribution in [0, 0.1) is 0 Å². The van der Waals surface area contributed by atoms with Crippen LogP contribution in [0.3, 0.4) is 0 Å². The molecule has 0 spiro atoms. The molecule has 0 atom stereocenters. The zero-order valence-electron chi connectivity index (χ0n) is 10.6. The Bertz CT molecular complexity index is 455. The molecule has 0 aliphatic heterocycles. The molecule has 0 aromatic carbocycles. The first-order valence-corrected chi connectivity index (χ1v) is 6.41. The number of carbonyl (C=O) groups is 2. The molecular weight excluding hydrogens is 246 g/mol. The van der Waals surface area contributed by atoms with Crippen LogP contribution in [0.4, 0.5) is 0 Å². The quantitative estimate of drug-likeness (QED) is 0.856. The van der Waals surface area contributed by atoms with Crippen molar-refractivity contribution in [3.8, 4) is 0 Å². The molecular formula is C13H17N3O3. The molecule has 6 heteroatoms. The Hall–Kier alpha value is -1.98. The topological polar surface area (TPSA) is 92.2 Å². The number of carboxylic acids is 1. The third-order valence-electron chi connectivity index (χ3n) is 3.50. The maximum atomic E-state index is 12.1. The molecule has 102 valence electrons. The van der Waals surface area contributed by atoms with Crippen LogP contribution in [0.25, 0.3) is 0 Å². The lowest BCUT2D eigenvalue weighted by Crippen LogP contribution is -2.51. The lowest BCUT2D eigenvalue weighted by atomic mass is 9.79. The van der Waals surface area contributed by atoms with E-state index in [1.807, 2.05) is 0 Å². The van der Waals surface area contributed by atoms with Crippen LogP contribution in [0.2, 0.25) is 0 Å². The van der Waals surface area contributed by atoms with Gasteiger partial charge >= 0.3 is 5.97 Å². The van der Waals surface area contributed by atoms with Crippen LogP contribution in [0.5, 0.6) is 0 Å². The Morgan fingerprint density at radius 3 is 2.42 bits per heavy atom. The summed E-state index contributed by atoms with van der Waals surface area (Å²) in [5.41, 5.74) is -0.269. The molecule has 1 aromatic rings. The van der Waals surface area contributed by atoms with E-state index in [1.54, 1.807) is 0 Å². The number of hydrogen-bond acceptors (Lipinski definition) is 4. The van der Waals surface area contributed by atoms with Crippen LogP contribution < -0.4 is 5.32 Å². The van der Waals surface area contributed by atoms with Crippen molar-refractivity contribution in [2.75, 3.05) is 0 Å². The van der Waals surface area contributed by atoms with Gasteiger partial charge in [0.25, 0.3) is 5.91 Å². The van der Waals surface area contributed by atoms with Crippen LogP contribution in [0.1, 0.15) is 48.9 Å². The predicted octanol–water partition coefficient (Wildman–Crippen LogP) is 1.38. The van der Waals surface area contributed by atoms with Crippen molar-refractivity contribution >= 4 is 11.9 Å². The van der Waals surface area contributed by atoms with Crippen molar-refractivity contribution in [3.63, 3.8) is 0 Å². The third-order valence-corrected chi connectivity index (χ3v) is 3.50. The lowest BCUT2D eigenvalue weighted by molar-refractivity contribution is -0.139. The van der Waals surface area contributed by atoms with Gasteiger partial charge in [-0.2, -0.15) is 0 Å². The van der Waals surface area contributed by atoms with Crippen LogP contribution in [0.15, 0.2) is 18.7 Å². The maximum Gasteiger partial charge on any atom is 0.305 e. The largest absolute Gasteiger partial charge is 0.481 e. The lowest BCUT2D eigenvalue weighted by Gasteiger charge is -2.36. The van der Waals surface area contributed by atoms with Crippen molar-refractivity contribution in [2.45, 2.75) is 44.1 Å². The van der Waals surface area contributed by atoms with Crippen molar-refractivity contribution in [3.05, 3.63) is 24.3 Å². The molecule has 19 heavy (non-hydrogen) atoms. The van der Waals surface area contributed by atoms with Crippen LogP contribution in [-0.2, 0) is 4.79 Å². The second kappa shape index (κ2) is 5.77. The smallest absolute Gasteiger partial charge is 0.305 e. The molecule has 1 amide bonds. The molecule has 0 bridgehead atoms. The van der Waals surface area contributed by atoms with Gasteiger partial charge in [0.1, 0.15) is 6.33 Å². The van der Waals surface area contributed by atoms with E-state index >= 15 is 0 Å². The molecule has 1 aliphatic rings. The second-order valence-electron chi connectivity index (χ2n) is 4.99.